The summed E-state index contributed by atoms with van der Waals surface area (Å²) in [6.45, 7) is 12.0. The Kier molecular flexibility index (Phi) is 4.92. The number of hydrogen-bond acceptors (Lipinski definition) is 4. The molecule has 0 unspecified atom stereocenters. The Morgan fingerprint density at radius 1 is 1.28 bits per heavy atom. The van der Waals surface area contributed by atoms with Gasteiger partial charge in [0, 0.05) is 36.8 Å². The van der Waals surface area contributed by atoms with Crippen LogP contribution >= 0.6 is 0 Å². The van der Waals surface area contributed by atoms with Gasteiger partial charge in [-0.2, -0.15) is 5.10 Å². The SMILES string of the molecule is Cc1nn(CC(C)C)c(C)c1CC(=O)N[C@@H]1CCc2nnc(C)n2C1. The van der Waals surface area contributed by atoms with Gasteiger partial charge >= 0.3 is 0 Å². The molecule has 3 rings (SSSR count). The number of rotatable bonds is 5. The second-order valence-electron chi connectivity index (χ2n) is 7.48. The standard InChI is InChI=1S/C18H28N6O/c1-11(2)9-24-13(4)16(12(3)22-24)8-18(25)19-15-6-7-17-21-20-14(5)23(17)10-15/h11,15H,6-10H2,1-5H3,(H,19,25)/t15-/m1/s1. The minimum absolute atomic E-state index is 0.0643. The molecular weight excluding hydrogens is 316 g/mol. The van der Waals surface area contributed by atoms with Crippen molar-refractivity contribution >= 4 is 5.91 Å². The topological polar surface area (TPSA) is 77.6 Å². The summed E-state index contributed by atoms with van der Waals surface area (Å²) < 4.78 is 4.13. The zero-order valence-corrected chi connectivity index (χ0v) is 15.8. The van der Waals surface area contributed by atoms with E-state index in [-0.39, 0.29) is 11.9 Å². The van der Waals surface area contributed by atoms with Crippen LogP contribution < -0.4 is 5.32 Å². The summed E-state index contributed by atoms with van der Waals surface area (Å²) >= 11 is 0. The fourth-order valence-corrected chi connectivity index (χ4v) is 3.53. The molecule has 1 N–H and O–H groups in total. The van der Waals surface area contributed by atoms with E-state index in [4.69, 9.17) is 0 Å². The number of carbonyl (C=O) groups is 1. The first-order chi connectivity index (χ1) is 11.8. The van der Waals surface area contributed by atoms with Crippen LogP contribution in [0.4, 0.5) is 0 Å². The minimum Gasteiger partial charge on any atom is -0.351 e. The van der Waals surface area contributed by atoms with Crippen molar-refractivity contribution < 1.29 is 4.79 Å². The van der Waals surface area contributed by atoms with Crippen molar-refractivity contribution in [1.82, 2.24) is 29.9 Å². The van der Waals surface area contributed by atoms with E-state index >= 15 is 0 Å². The number of aryl methyl sites for hydroxylation is 3. The lowest BCUT2D eigenvalue weighted by Gasteiger charge is -2.25. The van der Waals surface area contributed by atoms with Crippen LogP contribution in [0.3, 0.4) is 0 Å². The number of hydrogen-bond donors (Lipinski definition) is 1. The lowest BCUT2D eigenvalue weighted by molar-refractivity contribution is -0.121. The zero-order chi connectivity index (χ0) is 18.1. The lowest BCUT2D eigenvalue weighted by atomic mass is 10.1. The molecule has 3 heterocycles. The summed E-state index contributed by atoms with van der Waals surface area (Å²) in [5.41, 5.74) is 3.10. The van der Waals surface area contributed by atoms with Crippen molar-refractivity contribution in [2.45, 2.75) is 73.0 Å². The molecule has 0 aliphatic carbocycles. The van der Waals surface area contributed by atoms with Crippen LogP contribution in [0.1, 0.15) is 48.9 Å². The molecule has 0 spiro atoms. The van der Waals surface area contributed by atoms with Crippen LogP contribution in [-0.2, 0) is 30.7 Å². The number of aromatic nitrogens is 5. The average Bonchev–Trinajstić information content (AvgIpc) is 3.02. The van der Waals surface area contributed by atoms with Crippen molar-refractivity contribution in [3.63, 3.8) is 0 Å². The Balaban J connectivity index is 1.64. The molecule has 136 valence electrons. The van der Waals surface area contributed by atoms with Crippen molar-refractivity contribution in [2.24, 2.45) is 5.92 Å². The maximum absolute atomic E-state index is 12.6. The molecule has 1 amide bonds. The van der Waals surface area contributed by atoms with Gasteiger partial charge in [0.25, 0.3) is 0 Å². The van der Waals surface area contributed by atoms with Gasteiger partial charge in [-0.05, 0) is 33.1 Å². The number of nitrogens with zero attached hydrogens (tertiary/aromatic N) is 5. The van der Waals surface area contributed by atoms with Gasteiger partial charge in [0.15, 0.2) is 0 Å². The fraction of sp³-hybridized carbons (Fsp3) is 0.667. The Morgan fingerprint density at radius 2 is 2.04 bits per heavy atom. The van der Waals surface area contributed by atoms with Gasteiger partial charge in [-0.25, -0.2) is 0 Å². The van der Waals surface area contributed by atoms with Gasteiger partial charge in [-0.1, -0.05) is 13.8 Å². The average molecular weight is 344 g/mol. The van der Waals surface area contributed by atoms with E-state index in [1.165, 1.54) is 0 Å². The maximum Gasteiger partial charge on any atom is 0.224 e. The molecule has 0 aromatic carbocycles. The second-order valence-corrected chi connectivity index (χ2v) is 7.48. The molecule has 0 saturated carbocycles. The quantitative estimate of drug-likeness (QED) is 0.896. The van der Waals surface area contributed by atoms with Crippen molar-refractivity contribution in [2.75, 3.05) is 0 Å². The molecule has 1 atom stereocenters. The molecule has 2 aromatic rings. The zero-order valence-electron chi connectivity index (χ0n) is 15.8. The Bertz CT molecular complexity index is 773. The molecule has 1 aliphatic rings. The van der Waals surface area contributed by atoms with E-state index in [9.17, 15) is 4.79 Å². The van der Waals surface area contributed by atoms with Gasteiger partial charge in [0.1, 0.15) is 11.6 Å². The van der Waals surface area contributed by atoms with E-state index in [0.717, 1.165) is 54.5 Å². The first-order valence-electron chi connectivity index (χ1n) is 9.06. The van der Waals surface area contributed by atoms with Crippen LogP contribution in [0.25, 0.3) is 0 Å². The highest BCUT2D eigenvalue weighted by atomic mass is 16.1. The van der Waals surface area contributed by atoms with E-state index in [1.54, 1.807) is 0 Å². The molecule has 0 fully saturated rings. The van der Waals surface area contributed by atoms with Crippen molar-refractivity contribution in [1.29, 1.82) is 0 Å². The maximum atomic E-state index is 12.6. The molecule has 2 aromatic heterocycles. The van der Waals surface area contributed by atoms with Gasteiger partial charge in [0.05, 0.1) is 12.1 Å². The van der Waals surface area contributed by atoms with Crippen LogP contribution in [0.5, 0.6) is 0 Å². The molecule has 0 saturated heterocycles. The van der Waals surface area contributed by atoms with Crippen LogP contribution in [0.2, 0.25) is 0 Å². The first-order valence-corrected chi connectivity index (χ1v) is 9.06. The molecule has 0 bridgehead atoms. The monoisotopic (exact) mass is 344 g/mol. The summed E-state index contributed by atoms with van der Waals surface area (Å²) in [7, 11) is 0. The predicted octanol–water partition coefficient (Wildman–Crippen LogP) is 1.73. The highest BCUT2D eigenvalue weighted by Gasteiger charge is 2.23. The molecule has 0 radical (unpaired) electrons. The molecular formula is C18H28N6O. The summed E-state index contributed by atoms with van der Waals surface area (Å²) in [6, 6.07) is 0.140. The van der Waals surface area contributed by atoms with E-state index in [1.807, 2.05) is 18.5 Å². The van der Waals surface area contributed by atoms with Gasteiger partial charge in [-0.15, -0.1) is 10.2 Å². The largest absolute Gasteiger partial charge is 0.351 e. The Hall–Kier alpha value is -2.18. The van der Waals surface area contributed by atoms with E-state index in [0.29, 0.717) is 12.3 Å². The molecule has 7 heteroatoms. The minimum atomic E-state index is 0.0643. The third-order valence-electron chi connectivity index (χ3n) is 4.90. The smallest absolute Gasteiger partial charge is 0.224 e. The Morgan fingerprint density at radius 3 is 2.76 bits per heavy atom. The summed E-state index contributed by atoms with van der Waals surface area (Å²) in [5, 5.41) is 16.1. The Labute approximate surface area is 148 Å². The van der Waals surface area contributed by atoms with E-state index < -0.39 is 0 Å². The number of carbonyl (C=O) groups excluding carboxylic acids is 1. The lowest BCUT2D eigenvalue weighted by Crippen LogP contribution is -2.42. The van der Waals surface area contributed by atoms with Crippen LogP contribution in [-0.4, -0.2) is 36.5 Å². The van der Waals surface area contributed by atoms with E-state index in [2.05, 4.69) is 46.0 Å². The third-order valence-corrected chi connectivity index (χ3v) is 4.90. The van der Waals surface area contributed by atoms with Crippen LogP contribution in [0.15, 0.2) is 0 Å². The van der Waals surface area contributed by atoms with Gasteiger partial charge < -0.3 is 9.88 Å². The summed E-state index contributed by atoms with van der Waals surface area (Å²) in [5.74, 6) is 2.53. The fourth-order valence-electron chi connectivity index (χ4n) is 3.53. The molecule has 1 aliphatic heterocycles. The predicted molar refractivity (Wildman–Crippen MR) is 95.3 cm³/mol. The number of fused-ring (bicyclic) bond motifs is 1. The highest BCUT2D eigenvalue weighted by molar-refractivity contribution is 5.79. The molecule has 7 nitrogen and oxygen atoms in total. The second kappa shape index (κ2) is 6.98. The number of nitrogens with one attached hydrogen (secondary N) is 1. The summed E-state index contributed by atoms with van der Waals surface area (Å²) in [4.78, 5) is 12.6. The number of amides is 1. The first kappa shape index (κ1) is 17.6. The molecule has 25 heavy (non-hydrogen) atoms. The van der Waals surface area contributed by atoms with Gasteiger partial charge in [0.2, 0.25) is 5.91 Å². The van der Waals surface area contributed by atoms with Crippen LogP contribution in [0, 0.1) is 26.7 Å². The summed E-state index contributed by atoms with van der Waals surface area (Å²) in [6.07, 6.45) is 2.16. The third kappa shape index (κ3) is 3.75. The van der Waals surface area contributed by atoms with Gasteiger partial charge in [-0.3, -0.25) is 9.48 Å². The highest BCUT2D eigenvalue weighted by Crippen LogP contribution is 2.17. The normalized spacial score (nSPS) is 17.0. The van der Waals surface area contributed by atoms with Crippen molar-refractivity contribution in [3.8, 4) is 0 Å². The van der Waals surface area contributed by atoms with Crippen molar-refractivity contribution in [3.05, 3.63) is 28.6 Å².